The molecule has 1 saturated carbocycles. The molecule has 1 aliphatic heterocycles. The Morgan fingerprint density at radius 2 is 1.32 bits per heavy atom. The summed E-state index contributed by atoms with van der Waals surface area (Å²) >= 11 is 0. The summed E-state index contributed by atoms with van der Waals surface area (Å²) in [6.45, 7) is 4.50. The van der Waals surface area contributed by atoms with Crippen LogP contribution in [0.5, 0.6) is 0 Å². The van der Waals surface area contributed by atoms with E-state index in [0.717, 1.165) is 31.1 Å². The minimum Gasteiger partial charge on any atom is -0.457 e. The minimum atomic E-state index is -0.0266. The van der Waals surface area contributed by atoms with Crippen molar-refractivity contribution in [3.8, 4) is 0 Å². The third-order valence-electron chi connectivity index (χ3n) is 7.84. The first-order valence-corrected chi connectivity index (χ1v) is 13.5. The molecular formula is C29H46O2. The number of hydrogen-bond acceptors (Lipinski definition) is 2. The Balaban J connectivity index is 1.38. The smallest absolute Gasteiger partial charge is 0.309 e. The van der Waals surface area contributed by atoms with Gasteiger partial charge >= 0.3 is 5.97 Å². The topological polar surface area (TPSA) is 26.3 Å². The van der Waals surface area contributed by atoms with Gasteiger partial charge in [0.05, 0.1) is 5.92 Å². The van der Waals surface area contributed by atoms with E-state index in [1.807, 2.05) is 0 Å². The average Bonchev–Trinajstić information content (AvgIpc) is 3.17. The molecule has 2 fully saturated rings. The van der Waals surface area contributed by atoms with Crippen LogP contribution in [0.25, 0.3) is 0 Å². The van der Waals surface area contributed by atoms with E-state index in [2.05, 4.69) is 38.1 Å². The summed E-state index contributed by atoms with van der Waals surface area (Å²) in [5, 5.41) is 0. The monoisotopic (exact) mass is 426 g/mol. The Morgan fingerprint density at radius 3 is 2.03 bits per heavy atom. The lowest BCUT2D eigenvalue weighted by atomic mass is 9.77. The number of ether oxygens (including phenoxy) is 1. The molecule has 0 amide bonds. The third kappa shape index (κ3) is 7.65. The number of hydrogen-bond donors (Lipinski definition) is 0. The highest BCUT2D eigenvalue weighted by Gasteiger charge is 2.34. The van der Waals surface area contributed by atoms with E-state index in [1.165, 1.54) is 94.6 Å². The van der Waals surface area contributed by atoms with E-state index in [9.17, 15) is 4.79 Å². The number of carbonyl (C=O) groups is 1. The fraction of sp³-hybridized carbons (Fsp3) is 0.759. The normalized spacial score (nSPS) is 26.2. The van der Waals surface area contributed by atoms with Crippen molar-refractivity contribution >= 4 is 5.97 Å². The number of cyclic esters (lactones) is 1. The molecule has 1 aromatic carbocycles. The van der Waals surface area contributed by atoms with Gasteiger partial charge in [-0.25, -0.2) is 0 Å². The van der Waals surface area contributed by atoms with Gasteiger partial charge in [-0.2, -0.15) is 0 Å². The van der Waals surface area contributed by atoms with Crippen LogP contribution >= 0.6 is 0 Å². The van der Waals surface area contributed by atoms with Crippen molar-refractivity contribution in [1.82, 2.24) is 0 Å². The van der Waals surface area contributed by atoms with Crippen LogP contribution in [-0.4, -0.2) is 5.97 Å². The molecule has 0 N–H and O–H groups in total. The molecule has 2 unspecified atom stereocenters. The molecule has 1 aliphatic carbocycles. The van der Waals surface area contributed by atoms with Crippen molar-refractivity contribution in [3.63, 3.8) is 0 Å². The van der Waals surface area contributed by atoms with Gasteiger partial charge in [0.15, 0.2) is 0 Å². The van der Waals surface area contributed by atoms with Gasteiger partial charge in [-0.3, -0.25) is 4.79 Å². The van der Waals surface area contributed by atoms with Crippen molar-refractivity contribution in [2.24, 2.45) is 11.8 Å². The van der Waals surface area contributed by atoms with E-state index in [4.69, 9.17) is 4.74 Å². The predicted molar refractivity (Wildman–Crippen MR) is 130 cm³/mol. The highest BCUT2D eigenvalue weighted by atomic mass is 16.5. The first-order valence-electron chi connectivity index (χ1n) is 13.5. The second kappa shape index (κ2) is 13.3. The first kappa shape index (κ1) is 24.3. The molecule has 0 aromatic heterocycles. The maximum absolute atomic E-state index is 12.2. The standard InChI is InChI=1S/C29H46O2/c1-3-5-7-8-9-11-12-23-14-16-24(17-15-23)25-18-20-26(21-19-25)28-22-27(29(30)31-28)13-10-6-4-2/h18-21,23-24,27-28H,3-17,22H2,1-2H3. The summed E-state index contributed by atoms with van der Waals surface area (Å²) in [6, 6.07) is 9.08. The van der Waals surface area contributed by atoms with Gasteiger partial charge in [0.2, 0.25) is 0 Å². The van der Waals surface area contributed by atoms with E-state index in [1.54, 1.807) is 0 Å². The van der Waals surface area contributed by atoms with Crippen LogP contribution in [0.15, 0.2) is 24.3 Å². The molecule has 3 rings (SSSR count). The van der Waals surface area contributed by atoms with E-state index >= 15 is 0 Å². The molecule has 2 nitrogen and oxygen atoms in total. The van der Waals surface area contributed by atoms with Gasteiger partial charge in [0.1, 0.15) is 6.10 Å². The second-order valence-electron chi connectivity index (χ2n) is 10.3. The lowest BCUT2D eigenvalue weighted by molar-refractivity contribution is -0.144. The van der Waals surface area contributed by atoms with Crippen LogP contribution in [0.2, 0.25) is 0 Å². The van der Waals surface area contributed by atoms with Crippen molar-refractivity contribution < 1.29 is 9.53 Å². The predicted octanol–water partition coefficient (Wildman–Crippen LogP) is 8.90. The highest BCUT2D eigenvalue weighted by Crippen LogP contribution is 2.40. The molecule has 0 radical (unpaired) electrons. The molecule has 1 saturated heterocycles. The summed E-state index contributed by atoms with van der Waals surface area (Å²) in [6.07, 6.45) is 20.8. The molecule has 1 aromatic rings. The maximum Gasteiger partial charge on any atom is 0.309 e. The second-order valence-corrected chi connectivity index (χ2v) is 10.3. The van der Waals surface area contributed by atoms with E-state index in [0.29, 0.717) is 0 Å². The summed E-state index contributed by atoms with van der Waals surface area (Å²) in [4.78, 5) is 12.2. The lowest BCUT2D eigenvalue weighted by Crippen LogP contribution is -2.13. The van der Waals surface area contributed by atoms with Crippen LogP contribution in [0.4, 0.5) is 0 Å². The van der Waals surface area contributed by atoms with Gasteiger partial charge in [-0.1, -0.05) is 102 Å². The van der Waals surface area contributed by atoms with Crippen LogP contribution in [-0.2, 0) is 9.53 Å². The summed E-state index contributed by atoms with van der Waals surface area (Å²) < 4.78 is 5.72. The zero-order chi connectivity index (χ0) is 21.9. The number of esters is 1. The van der Waals surface area contributed by atoms with Crippen molar-refractivity contribution in [1.29, 1.82) is 0 Å². The highest BCUT2D eigenvalue weighted by molar-refractivity contribution is 5.74. The summed E-state index contributed by atoms with van der Waals surface area (Å²) in [5.41, 5.74) is 2.68. The van der Waals surface area contributed by atoms with E-state index in [-0.39, 0.29) is 18.0 Å². The molecule has 1 heterocycles. The fourth-order valence-corrected chi connectivity index (χ4v) is 5.70. The quantitative estimate of drug-likeness (QED) is 0.232. The van der Waals surface area contributed by atoms with Crippen LogP contribution in [0.1, 0.15) is 140 Å². The molecule has 2 atom stereocenters. The lowest BCUT2D eigenvalue weighted by Gasteiger charge is -2.29. The van der Waals surface area contributed by atoms with Crippen molar-refractivity contribution in [2.45, 2.75) is 129 Å². The molecule has 174 valence electrons. The van der Waals surface area contributed by atoms with Gasteiger partial charge in [-0.05, 0) is 55.1 Å². The number of carbonyl (C=O) groups excluding carboxylic acids is 1. The Labute approximate surface area is 191 Å². The van der Waals surface area contributed by atoms with Gasteiger partial charge in [-0.15, -0.1) is 0 Å². The van der Waals surface area contributed by atoms with Gasteiger partial charge in [0.25, 0.3) is 0 Å². The van der Waals surface area contributed by atoms with Crippen LogP contribution in [0, 0.1) is 11.8 Å². The zero-order valence-electron chi connectivity index (χ0n) is 20.2. The van der Waals surface area contributed by atoms with E-state index < -0.39 is 0 Å². The van der Waals surface area contributed by atoms with Crippen LogP contribution < -0.4 is 0 Å². The molecule has 2 aliphatic rings. The fourth-order valence-electron chi connectivity index (χ4n) is 5.70. The van der Waals surface area contributed by atoms with Crippen LogP contribution in [0.3, 0.4) is 0 Å². The minimum absolute atomic E-state index is 0.0221. The molecular weight excluding hydrogens is 380 g/mol. The number of rotatable bonds is 13. The number of unbranched alkanes of at least 4 members (excludes halogenated alkanes) is 7. The summed E-state index contributed by atoms with van der Waals surface area (Å²) in [5.74, 6) is 1.82. The molecule has 31 heavy (non-hydrogen) atoms. The Kier molecular flexibility index (Phi) is 10.4. The molecule has 2 heteroatoms. The third-order valence-corrected chi connectivity index (χ3v) is 7.84. The Hall–Kier alpha value is -1.31. The SMILES string of the molecule is CCCCCCCCC1CCC(c2ccc(C3CC(CCCCC)C(=O)O3)cc2)CC1. The van der Waals surface area contributed by atoms with Crippen molar-refractivity contribution in [2.75, 3.05) is 0 Å². The Bertz CT molecular complexity index is 627. The average molecular weight is 427 g/mol. The Morgan fingerprint density at radius 1 is 0.742 bits per heavy atom. The van der Waals surface area contributed by atoms with Gasteiger partial charge < -0.3 is 4.74 Å². The molecule has 0 spiro atoms. The largest absolute Gasteiger partial charge is 0.457 e. The first-order chi connectivity index (χ1) is 15.2. The van der Waals surface area contributed by atoms with Gasteiger partial charge in [0, 0.05) is 6.42 Å². The zero-order valence-corrected chi connectivity index (χ0v) is 20.2. The maximum atomic E-state index is 12.2. The molecule has 0 bridgehead atoms. The number of benzene rings is 1. The van der Waals surface area contributed by atoms with Crippen molar-refractivity contribution in [3.05, 3.63) is 35.4 Å². The summed E-state index contributed by atoms with van der Waals surface area (Å²) in [7, 11) is 0.